The van der Waals surface area contributed by atoms with Gasteiger partial charge in [0.15, 0.2) is 0 Å². The Morgan fingerprint density at radius 2 is 2.00 bits per heavy atom. The maximum atomic E-state index is 14.3. The van der Waals surface area contributed by atoms with Gasteiger partial charge in [0.2, 0.25) is 11.8 Å². The Kier molecular flexibility index (Phi) is 9.04. The number of likely N-dealkylation sites (tertiary alicyclic amines) is 1. The van der Waals surface area contributed by atoms with Gasteiger partial charge >= 0.3 is 5.97 Å². The molecule has 0 saturated carbocycles. The molecule has 2 unspecified atom stereocenters. The van der Waals surface area contributed by atoms with E-state index in [0.29, 0.717) is 25.8 Å². The van der Waals surface area contributed by atoms with Gasteiger partial charge in [0.25, 0.3) is 0 Å². The Morgan fingerprint density at radius 3 is 2.63 bits per heavy atom. The lowest BCUT2D eigenvalue weighted by atomic mass is 9.71. The van der Waals surface area contributed by atoms with Crippen molar-refractivity contribution < 1.29 is 24.2 Å². The number of allylic oxidation sites excluding steroid dienone is 1. The van der Waals surface area contributed by atoms with E-state index in [1.54, 1.807) is 33.7 Å². The van der Waals surface area contributed by atoms with E-state index in [2.05, 4.69) is 13.2 Å². The van der Waals surface area contributed by atoms with Crippen molar-refractivity contribution in [2.45, 2.75) is 74.1 Å². The van der Waals surface area contributed by atoms with Gasteiger partial charge in [-0.1, -0.05) is 42.5 Å². The number of esters is 1. The number of thioether (sulfide) groups is 1. The van der Waals surface area contributed by atoms with Crippen LogP contribution in [0.15, 0.2) is 55.6 Å². The van der Waals surface area contributed by atoms with Crippen molar-refractivity contribution in [3.05, 3.63) is 61.2 Å². The monoisotopic (exact) mass is 540 g/mol. The van der Waals surface area contributed by atoms with Gasteiger partial charge in [-0.3, -0.25) is 14.4 Å². The van der Waals surface area contributed by atoms with E-state index in [1.165, 1.54) is 0 Å². The molecule has 1 aromatic rings. The number of fused-ring (bicyclic) bond motifs is 1. The number of amides is 2. The summed E-state index contributed by atoms with van der Waals surface area (Å²) in [5.41, 5.74) is 0.974. The van der Waals surface area contributed by atoms with Gasteiger partial charge in [-0.25, -0.2) is 0 Å². The fourth-order valence-electron chi connectivity index (χ4n) is 6.52. The highest BCUT2D eigenvalue weighted by atomic mass is 32.2. The van der Waals surface area contributed by atoms with E-state index >= 15 is 0 Å². The Morgan fingerprint density at radius 1 is 1.26 bits per heavy atom. The highest BCUT2D eigenvalue weighted by Gasteiger charge is 2.74. The number of rotatable bonds is 13. The Bertz CT molecular complexity index is 1050. The van der Waals surface area contributed by atoms with Crippen LogP contribution in [-0.4, -0.2) is 80.6 Å². The number of unbranched alkanes of at least 4 members (excludes halogenated alkanes) is 1. The van der Waals surface area contributed by atoms with Crippen molar-refractivity contribution in [3.8, 4) is 0 Å². The third-order valence-electron chi connectivity index (χ3n) is 8.19. The molecule has 1 N–H and O–H groups in total. The van der Waals surface area contributed by atoms with Gasteiger partial charge < -0.3 is 19.6 Å². The third kappa shape index (κ3) is 5.05. The van der Waals surface area contributed by atoms with Crippen molar-refractivity contribution in [1.29, 1.82) is 0 Å². The number of aliphatic hydroxyl groups is 1. The van der Waals surface area contributed by atoms with Gasteiger partial charge in [0.1, 0.15) is 6.04 Å². The third-order valence-corrected chi connectivity index (χ3v) is 10.1. The lowest BCUT2D eigenvalue weighted by Gasteiger charge is -2.40. The van der Waals surface area contributed by atoms with E-state index in [1.807, 2.05) is 44.2 Å². The van der Waals surface area contributed by atoms with E-state index in [9.17, 15) is 19.5 Å². The highest BCUT2D eigenvalue weighted by Crippen LogP contribution is 2.67. The summed E-state index contributed by atoms with van der Waals surface area (Å²) in [6.45, 7) is 11.8. The lowest BCUT2D eigenvalue weighted by molar-refractivity contribution is -0.154. The lowest BCUT2D eigenvalue weighted by Crippen LogP contribution is -2.58. The molecule has 4 rings (SSSR count). The summed E-state index contributed by atoms with van der Waals surface area (Å²) in [5.74, 6) is -1.95. The fourth-order valence-corrected chi connectivity index (χ4v) is 8.70. The molecule has 38 heavy (non-hydrogen) atoms. The molecule has 6 atom stereocenters. The zero-order valence-corrected chi connectivity index (χ0v) is 23.3. The van der Waals surface area contributed by atoms with Crippen molar-refractivity contribution in [1.82, 2.24) is 9.80 Å². The first-order chi connectivity index (χ1) is 18.3. The van der Waals surface area contributed by atoms with Crippen LogP contribution in [0, 0.1) is 11.8 Å². The SMILES string of the molecule is C=CCCCOC(=O)[C@@H]1[C@H]2C(=O)N([C@@H](CO)Cc3ccccc3)C(C(=O)N(CC=C)C(C)C)C23CC[C@H]1S3. The first-order valence-corrected chi connectivity index (χ1v) is 14.5. The molecule has 2 bridgehead atoms. The zero-order chi connectivity index (χ0) is 27.4. The summed E-state index contributed by atoms with van der Waals surface area (Å²) in [6.07, 6.45) is 6.77. The van der Waals surface area contributed by atoms with Gasteiger partial charge in [-0.2, -0.15) is 0 Å². The summed E-state index contributed by atoms with van der Waals surface area (Å²) < 4.78 is 4.92. The quantitative estimate of drug-likeness (QED) is 0.234. The van der Waals surface area contributed by atoms with Crippen molar-refractivity contribution in [2.24, 2.45) is 11.8 Å². The van der Waals surface area contributed by atoms with Crippen LogP contribution >= 0.6 is 11.8 Å². The number of benzene rings is 1. The first kappa shape index (κ1) is 28.4. The highest BCUT2D eigenvalue weighted by molar-refractivity contribution is 8.02. The number of carbonyl (C=O) groups excluding carboxylic acids is 3. The van der Waals surface area contributed by atoms with Gasteiger partial charge in [0, 0.05) is 17.8 Å². The zero-order valence-electron chi connectivity index (χ0n) is 22.5. The van der Waals surface area contributed by atoms with Crippen LogP contribution < -0.4 is 0 Å². The molecule has 1 aromatic carbocycles. The fraction of sp³-hybridized carbons (Fsp3) is 0.567. The molecule has 0 aliphatic carbocycles. The van der Waals surface area contributed by atoms with Crippen LogP contribution in [-0.2, 0) is 25.5 Å². The predicted molar refractivity (Wildman–Crippen MR) is 149 cm³/mol. The first-order valence-electron chi connectivity index (χ1n) is 13.6. The number of hydrogen-bond donors (Lipinski definition) is 1. The van der Waals surface area contributed by atoms with Crippen molar-refractivity contribution in [3.63, 3.8) is 0 Å². The molecule has 3 aliphatic heterocycles. The molecular weight excluding hydrogens is 500 g/mol. The number of nitrogens with zero attached hydrogens (tertiary/aromatic N) is 2. The standard InChI is InChI=1S/C30H40N2O5S/c1-5-7-11-17-37-29(36)24-23-14-15-30(38-23)25(24)27(34)32(22(19-33)18-21-12-9-8-10-13-21)26(30)28(35)31(16-6-2)20(3)4/h5-6,8-10,12-13,20,22-26,33H,1-2,7,11,14-19H2,3-4H3/t22-,23-,24+,25+,26?,30?/m1/s1. The normalized spacial score (nSPS) is 28.3. The Hall–Kier alpha value is -2.58. The molecule has 3 heterocycles. The molecule has 3 aliphatic rings. The van der Waals surface area contributed by atoms with Crippen LogP contribution in [0.2, 0.25) is 0 Å². The number of carbonyl (C=O) groups is 3. The van der Waals surface area contributed by atoms with E-state index in [0.717, 1.165) is 18.4 Å². The van der Waals surface area contributed by atoms with Crippen LogP contribution in [0.25, 0.3) is 0 Å². The largest absolute Gasteiger partial charge is 0.465 e. The maximum absolute atomic E-state index is 14.3. The minimum absolute atomic E-state index is 0.0538. The number of ether oxygens (including phenoxy) is 1. The molecule has 8 heteroatoms. The smallest absolute Gasteiger partial charge is 0.310 e. The Balaban J connectivity index is 1.72. The molecular formula is C30H40N2O5S. The van der Waals surface area contributed by atoms with Gasteiger partial charge in [-0.05, 0) is 51.5 Å². The van der Waals surface area contributed by atoms with Gasteiger partial charge in [0.05, 0.1) is 35.8 Å². The predicted octanol–water partition coefficient (Wildman–Crippen LogP) is 3.61. The number of hydrogen-bond acceptors (Lipinski definition) is 6. The minimum atomic E-state index is -0.767. The average Bonchev–Trinajstić information content (AvgIpc) is 3.55. The summed E-state index contributed by atoms with van der Waals surface area (Å²) in [4.78, 5) is 45.4. The van der Waals surface area contributed by atoms with Crippen molar-refractivity contribution >= 4 is 29.5 Å². The molecule has 2 amide bonds. The molecule has 7 nitrogen and oxygen atoms in total. The second-order valence-electron chi connectivity index (χ2n) is 10.8. The van der Waals surface area contributed by atoms with E-state index in [4.69, 9.17) is 4.74 Å². The summed E-state index contributed by atoms with van der Waals surface area (Å²) in [5, 5.41) is 10.5. The molecule has 206 valence electrons. The summed E-state index contributed by atoms with van der Waals surface area (Å²) in [6, 6.07) is 8.24. The van der Waals surface area contributed by atoms with Crippen LogP contribution in [0.5, 0.6) is 0 Å². The molecule has 3 saturated heterocycles. The van der Waals surface area contributed by atoms with Crippen LogP contribution in [0.1, 0.15) is 45.1 Å². The molecule has 3 fully saturated rings. The van der Waals surface area contributed by atoms with Crippen molar-refractivity contribution in [2.75, 3.05) is 19.8 Å². The maximum Gasteiger partial charge on any atom is 0.310 e. The van der Waals surface area contributed by atoms with Gasteiger partial charge in [-0.15, -0.1) is 24.9 Å². The second-order valence-corrected chi connectivity index (χ2v) is 12.4. The average molecular weight is 541 g/mol. The van der Waals surface area contributed by atoms with E-state index < -0.39 is 28.7 Å². The summed E-state index contributed by atoms with van der Waals surface area (Å²) >= 11 is 1.62. The van der Waals surface area contributed by atoms with Crippen LogP contribution in [0.4, 0.5) is 0 Å². The number of aliphatic hydroxyl groups excluding tert-OH is 1. The molecule has 0 aromatic heterocycles. The Labute approximate surface area is 230 Å². The van der Waals surface area contributed by atoms with Crippen LogP contribution in [0.3, 0.4) is 0 Å². The molecule has 0 radical (unpaired) electrons. The molecule has 1 spiro atoms. The second kappa shape index (κ2) is 12.1. The topological polar surface area (TPSA) is 87.1 Å². The summed E-state index contributed by atoms with van der Waals surface area (Å²) in [7, 11) is 0. The minimum Gasteiger partial charge on any atom is -0.465 e. The van der Waals surface area contributed by atoms with E-state index in [-0.39, 0.29) is 42.3 Å².